The molecule has 0 aromatic heterocycles. The Morgan fingerprint density at radius 3 is 2.28 bits per heavy atom. The van der Waals surface area contributed by atoms with E-state index in [1.807, 2.05) is 0 Å². The topological polar surface area (TPSA) is 188 Å². The molecule has 3 heterocycles. The minimum Gasteiger partial charge on any atom is -0.483 e. The molecule has 8 amide bonds. The predicted octanol–water partition coefficient (Wildman–Crippen LogP) is 1.41. The molecule has 2 saturated heterocycles. The Labute approximate surface area is 286 Å². The minimum absolute atomic E-state index is 0.000100. The Morgan fingerprint density at radius 1 is 0.900 bits per heavy atom. The van der Waals surface area contributed by atoms with Gasteiger partial charge >= 0.3 is 0 Å². The van der Waals surface area contributed by atoms with E-state index in [0.29, 0.717) is 42.7 Å². The summed E-state index contributed by atoms with van der Waals surface area (Å²) in [5.41, 5.74) is 1.59. The highest BCUT2D eigenvalue weighted by atomic mass is 16.5. The SMILES string of the molecule is Cc1cc(C(=O)NCCCCNC(=O)COc2cccc3c2C(=O)N(C2CCC(=O)NC2=O)C3=O)ccc1N1C(=O)C2C3C=CC(C3)C2C1=O. The lowest BCUT2D eigenvalue weighted by molar-refractivity contribution is -0.136. The lowest BCUT2D eigenvalue weighted by Crippen LogP contribution is -2.54. The summed E-state index contributed by atoms with van der Waals surface area (Å²) in [6.45, 7) is 2.01. The number of hydrogen-bond acceptors (Lipinski definition) is 9. The lowest BCUT2D eigenvalue weighted by atomic mass is 9.85. The maximum absolute atomic E-state index is 13.2. The first kappa shape index (κ1) is 32.9. The van der Waals surface area contributed by atoms with Gasteiger partial charge in [-0.25, -0.2) is 4.90 Å². The van der Waals surface area contributed by atoms with Gasteiger partial charge in [0, 0.05) is 25.1 Å². The van der Waals surface area contributed by atoms with E-state index >= 15 is 0 Å². The fraction of sp³-hybridized carbons (Fsp3) is 0.389. The molecule has 5 atom stereocenters. The lowest BCUT2D eigenvalue weighted by Gasteiger charge is -2.27. The molecule has 50 heavy (non-hydrogen) atoms. The maximum Gasteiger partial charge on any atom is 0.266 e. The third-order valence-electron chi connectivity index (χ3n) is 10.2. The van der Waals surface area contributed by atoms with Crippen molar-refractivity contribution in [1.82, 2.24) is 20.9 Å². The monoisotopic (exact) mass is 681 g/mol. The molecule has 3 aliphatic heterocycles. The van der Waals surface area contributed by atoms with Crippen LogP contribution in [0.5, 0.6) is 5.75 Å². The summed E-state index contributed by atoms with van der Waals surface area (Å²) < 4.78 is 5.59. The zero-order chi connectivity index (χ0) is 35.3. The summed E-state index contributed by atoms with van der Waals surface area (Å²) in [5, 5.41) is 7.71. The smallest absolute Gasteiger partial charge is 0.266 e. The van der Waals surface area contributed by atoms with Crippen molar-refractivity contribution in [1.29, 1.82) is 0 Å². The molecule has 0 spiro atoms. The number of nitrogens with zero attached hydrogens (tertiary/aromatic N) is 2. The highest BCUT2D eigenvalue weighted by Gasteiger charge is 2.59. The molecule has 258 valence electrons. The summed E-state index contributed by atoms with van der Waals surface area (Å²) in [4.78, 5) is 104. The van der Waals surface area contributed by atoms with Crippen molar-refractivity contribution < 1.29 is 43.1 Å². The van der Waals surface area contributed by atoms with Crippen LogP contribution in [0.1, 0.15) is 68.7 Å². The molecular weight excluding hydrogens is 646 g/mol. The standard InChI is InChI=1S/C36H35N5O9/c1-18-15-21(9-10-23(18)40-34(47)28-19-7-8-20(16-19)29(28)35(40)48)31(44)38-14-3-2-13-37-27(43)17-50-25-6-4-5-22-30(25)36(49)41(33(22)46)24-11-12-26(42)39-32(24)45/h4-10,15,19-20,24,28-29H,2-3,11-14,16-17H2,1H3,(H,37,43)(H,38,44)(H,39,42,45). The van der Waals surface area contributed by atoms with Gasteiger partial charge in [0.2, 0.25) is 23.6 Å². The molecule has 5 unspecified atom stereocenters. The van der Waals surface area contributed by atoms with Crippen LogP contribution in [0, 0.1) is 30.6 Å². The summed E-state index contributed by atoms with van der Waals surface area (Å²) in [6, 6.07) is 8.22. The number of rotatable bonds is 11. The number of unbranched alkanes of at least 4 members (excludes halogenated alkanes) is 1. The van der Waals surface area contributed by atoms with E-state index in [4.69, 9.17) is 4.74 Å². The molecule has 1 saturated carbocycles. The predicted molar refractivity (Wildman–Crippen MR) is 175 cm³/mol. The van der Waals surface area contributed by atoms with Crippen molar-refractivity contribution in [2.24, 2.45) is 23.7 Å². The molecule has 3 N–H and O–H groups in total. The first-order chi connectivity index (χ1) is 24.0. The molecular formula is C36H35N5O9. The Bertz CT molecular complexity index is 1870. The van der Waals surface area contributed by atoms with Crippen molar-refractivity contribution in [2.75, 3.05) is 24.6 Å². The van der Waals surface area contributed by atoms with Crippen molar-refractivity contribution in [3.63, 3.8) is 0 Å². The third-order valence-corrected chi connectivity index (χ3v) is 10.2. The molecule has 2 aromatic rings. The molecule has 2 aromatic carbocycles. The number of allylic oxidation sites excluding steroid dienone is 2. The van der Waals surface area contributed by atoms with Gasteiger partial charge in [-0.05, 0) is 80.3 Å². The zero-order valence-corrected chi connectivity index (χ0v) is 27.2. The highest BCUT2D eigenvalue weighted by Crippen LogP contribution is 2.53. The molecule has 14 nitrogen and oxygen atoms in total. The van der Waals surface area contributed by atoms with Crippen molar-refractivity contribution in [3.05, 3.63) is 70.8 Å². The number of benzene rings is 2. The number of aryl methyl sites for hydroxylation is 1. The second kappa shape index (κ2) is 13.0. The van der Waals surface area contributed by atoms with Gasteiger partial charge in [-0.1, -0.05) is 18.2 Å². The number of nitrogens with one attached hydrogen (secondary N) is 3. The van der Waals surface area contributed by atoms with Crippen LogP contribution in [-0.4, -0.2) is 77.9 Å². The van der Waals surface area contributed by atoms with Gasteiger partial charge in [-0.2, -0.15) is 0 Å². The van der Waals surface area contributed by atoms with E-state index in [1.54, 1.807) is 25.1 Å². The molecule has 14 heteroatoms. The minimum atomic E-state index is -1.11. The van der Waals surface area contributed by atoms with E-state index in [9.17, 15) is 38.4 Å². The first-order valence-corrected chi connectivity index (χ1v) is 16.7. The third kappa shape index (κ3) is 5.63. The number of carbonyl (C=O) groups excluding carboxylic acids is 8. The Hall–Kier alpha value is -5.66. The van der Waals surface area contributed by atoms with Crippen LogP contribution in [0.15, 0.2) is 48.6 Å². The molecule has 7 rings (SSSR count). The first-order valence-electron chi connectivity index (χ1n) is 16.7. The number of anilines is 1. The Morgan fingerprint density at radius 2 is 1.60 bits per heavy atom. The molecule has 5 aliphatic rings. The number of fused-ring (bicyclic) bond motifs is 6. The maximum atomic E-state index is 13.2. The van der Waals surface area contributed by atoms with Crippen LogP contribution < -0.4 is 25.6 Å². The second-order valence-electron chi connectivity index (χ2n) is 13.2. The van der Waals surface area contributed by atoms with E-state index in [2.05, 4.69) is 28.1 Å². The van der Waals surface area contributed by atoms with Crippen molar-refractivity contribution >= 4 is 52.9 Å². The molecule has 3 fully saturated rings. The van der Waals surface area contributed by atoms with Gasteiger partial charge in [0.15, 0.2) is 6.61 Å². The van der Waals surface area contributed by atoms with Gasteiger partial charge in [-0.3, -0.25) is 48.6 Å². The van der Waals surface area contributed by atoms with E-state index in [1.165, 1.54) is 23.1 Å². The molecule has 2 bridgehead atoms. The van der Waals surface area contributed by atoms with E-state index in [0.717, 1.165) is 11.3 Å². The summed E-state index contributed by atoms with van der Waals surface area (Å²) in [7, 11) is 0. The number of imide groups is 3. The summed E-state index contributed by atoms with van der Waals surface area (Å²) in [5.74, 6) is -3.98. The zero-order valence-electron chi connectivity index (χ0n) is 27.2. The van der Waals surface area contributed by atoms with E-state index in [-0.39, 0.29) is 71.1 Å². The van der Waals surface area contributed by atoms with Crippen molar-refractivity contribution in [2.45, 2.75) is 45.1 Å². The average molecular weight is 682 g/mol. The fourth-order valence-electron chi connectivity index (χ4n) is 7.77. The van der Waals surface area contributed by atoms with Gasteiger partial charge in [0.05, 0.1) is 28.7 Å². The number of piperidine rings is 1. The number of ether oxygens (including phenoxy) is 1. The Balaban J connectivity index is 0.841. The highest BCUT2D eigenvalue weighted by molar-refractivity contribution is 6.25. The van der Waals surface area contributed by atoms with Crippen LogP contribution in [0.2, 0.25) is 0 Å². The van der Waals surface area contributed by atoms with Gasteiger partial charge in [-0.15, -0.1) is 0 Å². The molecule has 2 aliphatic carbocycles. The van der Waals surface area contributed by atoms with Crippen LogP contribution >= 0.6 is 0 Å². The second-order valence-corrected chi connectivity index (χ2v) is 13.2. The number of carbonyl (C=O) groups is 8. The van der Waals surface area contributed by atoms with Crippen LogP contribution in [-0.2, 0) is 24.0 Å². The van der Waals surface area contributed by atoms with Gasteiger partial charge < -0.3 is 15.4 Å². The van der Waals surface area contributed by atoms with Crippen LogP contribution in [0.3, 0.4) is 0 Å². The summed E-state index contributed by atoms with van der Waals surface area (Å²) >= 11 is 0. The van der Waals surface area contributed by atoms with E-state index < -0.39 is 42.2 Å². The fourth-order valence-corrected chi connectivity index (χ4v) is 7.77. The van der Waals surface area contributed by atoms with Crippen LogP contribution in [0.4, 0.5) is 5.69 Å². The van der Waals surface area contributed by atoms with Crippen molar-refractivity contribution in [3.8, 4) is 5.75 Å². The Kier molecular flexibility index (Phi) is 8.54. The van der Waals surface area contributed by atoms with Gasteiger partial charge in [0.25, 0.3) is 23.6 Å². The van der Waals surface area contributed by atoms with Crippen LogP contribution in [0.25, 0.3) is 0 Å². The largest absolute Gasteiger partial charge is 0.483 e. The average Bonchev–Trinajstić information content (AvgIpc) is 3.84. The number of amides is 8. The van der Waals surface area contributed by atoms with Gasteiger partial charge in [0.1, 0.15) is 11.8 Å². The normalized spacial score (nSPS) is 24.9. The summed E-state index contributed by atoms with van der Waals surface area (Å²) in [6.07, 6.45) is 6.11. The quantitative estimate of drug-likeness (QED) is 0.179. The molecule has 0 radical (unpaired) electrons. The number of hydrogen-bond donors (Lipinski definition) is 3.